The van der Waals surface area contributed by atoms with Gasteiger partial charge in [-0.05, 0) is 72.5 Å². The van der Waals surface area contributed by atoms with Crippen LogP contribution >= 0.6 is 0 Å². The number of aromatic hydroxyl groups is 1. The lowest BCUT2D eigenvalue weighted by Gasteiger charge is -2.37. The number of rotatable bonds is 7. The molecule has 0 aliphatic carbocycles. The third kappa shape index (κ3) is 5.55. The lowest BCUT2D eigenvalue weighted by molar-refractivity contribution is 0.0980. The lowest BCUT2D eigenvalue weighted by atomic mass is 9.88. The molecule has 1 saturated heterocycles. The van der Waals surface area contributed by atoms with Crippen LogP contribution < -0.4 is 9.80 Å². The Hall–Kier alpha value is -4.09. The average Bonchev–Trinajstić information content (AvgIpc) is 2.99. The number of amides is 1. The molecule has 5 heteroatoms. The molecule has 0 radical (unpaired) electrons. The fraction of sp³-hybridized carbons (Fsp3) is 0.265. The maximum Gasteiger partial charge on any atom is 0.258 e. The molecular formula is C34H35N3O2. The number of phenols is 1. The molecule has 198 valence electrons. The van der Waals surface area contributed by atoms with E-state index in [0.717, 1.165) is 68.1 Å². The summed E-state index contributed by atoms with van der Waals surface area (Å²) in [4.78, 5) is 20.2. The smallest absolute Gasteiger partial charge is 0.258 e. The van der Waals surface area contributed by atoms with E-state index in [-0.39, 0.29) is 11.7 Å². The van der Waals surface area contributed by atoms with Gasteiger partial charge in [0.2, 0.25) is 0 Å². The number of carbonyl (C=O) groups is 1. The number of phenolic OH excluding ortho intramolecular Hbond substituents is 1. The molecule has 2 heterocycles. The Morgan fingerprint density at radius 1 is 0.692 bits per heavy atom. The molecule has 0 aromatic heterocycles. The Bertz CT molecular complexity index is 1360. The molecule has 0 unspecified atom stereocenters. The van der Waals surface area contributed by atoms with Crippen LogP contribution in [0.25, 0.3) is 0 Å². The van der Waals surface area contributed by atoms with E-state index < -0.39 is 0 Å². The van der Waals surface area contributed by atoms with Crippen LogP contribution in [0.4, 0.5) is 11.4 Å². The zero-order valence-corrected chi connectivity index (χ0v) is 22.2. The van der Waals surface area contributed by atoms with E-state index in [2.05, 4.69) is 88.7 Å². The van der Waals surface area contributed by atoms with Crippen LogP contribution in [0, 0.1) is 0 Å². The van der Waals surface area contributed by atoms with Gasteiger partial charge in [0, 0.05) is 55.6 Å². The van der Waals surface area contributed by atoms with Crippen molar-refractivity contribution in [1.29, 1.82) is 0 Å². The van der Waals surface area contributed by atoms with Gasteiger partial charge in [-0.25, -0.2) is 0 Å². The average molecular weight is 518 g/mol. The minimum absolute atomic E-state index is 0.0373. The number of benzene rings is 4. The lowest BCUT2D eigenvalue weighted by Crippen LogP contribution is -2.47. The molecule has 0 saturated carbocycles. The zero-order chi connectivity index (χ0) is 26.6. The van der Waals surface area contributed by atoms with Gasteiger partial charge in [-0.2, -0.15) is 0 Å². The number of fused-ring (bicyclic) bond motifs is 1. The fourth-order valence-corrected chi connectivity index (χ4v) is 5.97. The van der Waals surface area contributed by atoms with Crippen LogP contribution in [-0.4, -0.2) is 55.2 Å². The topological polar surface area (TPSA) is 47.0 Å². The number of hydrogen-bond acceptors (Lipinski definition) is 4. The summed E-state index contributed by atoms with van der Waals surface area (Å²) in [5, 5.41) is 9.63. The van der Waals surface area contributed by atoms with Crippen molar-refractivity contribution < 1.29 is 9.90 Å². The molecule has 1 amide bonds. The molecule has 0 bridgehead atoms. The molecule has 1 fully saturated rings. The summed E-state index contributed by atoms with van der Waals surface area (Å²) < 4.78 is 0. The molecule has 2 aliphatic heterocycles. The van der Waals surface area contributed by atoms with Crippen molar-refractivity contribution in [2.45, 2.75) is 18.8 Å². The Labute approximate surface area is 230 Å². The zero-order valence-electron chi connectivity index (χ0n) is 22.2. The second kappa shape index (κ2) is 11.3. The molecule has 2 aliphatic rings. The molecular weight excluding hydrogens is 482 g/mol. The second-order valence-electron chi connectivity index (χ2n) is 10.6. The van der Waals surface area contributed by atoms with E-state index in [4.69, 9.17) is 0 Å². The fourth-order valence-electron chi connectivity index (χ4n) is 5.97. The van der Waals surface area contributed by atoms with Crippen molar-refractivity contribution in [2.24, 2.45) is 0 Å². The highest BCUT2D eigenvalue weighted by molar-refractivity contribution is 6.08. The van der Waals surface area contributed by atoms with Crippen molar-refractivity contribution in [2.75, 3.05) is 49.1 Å². The molecule has 6 rings (SSSR count). The van der Waals surface area contributed by atoms with Crippen molar-refractivity contribution in [3.05, 3.63) is 125 Å². The molecule has 4 aromatic rings. The summed E-state index contributed by atoms with van der Waals surface area (Å²) in [6.07, 6.45) is 1.93. The van der Waals surface area contributed by atoms with E-state index in [9.17, 15) is 9.90 Å². The van der Waals surface area contributed by atoms with Gasteiger partial charge in [-0.3, -0.25) is 9.69 Å². The SMILES string of the molecule is O=C1c2cc(N3CCN(CCC(c4ccccc4)c4ccccc4)CC3)ccc2CCN1c1ccc(O)cc1. The van der Waals surface area contributed by atoms with Crippen LogP contribution in [0.3, 0.4) is 0 Å². The van der Waals surface area contributed by atoms with Gasteiger partial charge in [-0.15, -0.1) is 0 Å². The number of piperazine rings is 1. The Balaban J connectivity index is 1.10. The van der Waals surface area contributed by atoms with E-state index in [1.54, 1.807) is 24.3 Å². The summed E-state index contributed by atoms with van der Waals surface area (Å²) in [5.41, 5.74) is 6.62. The van der Waals surface area contributed by atoms with E-state index in [1.165, 1.54) is 11.1 Å². The Kier molecular flexibility index (Phi) is 7.33. The molecule has 39 heavy (non-hydrogen) atoms. The van der Waals surface area contributed by atoms with Gasteiger partial charge in [0.1, 0.15) is 5.75 Å². The first-order chi connectivity index (χ1) is 19.2. The van der Waals surface area contributed by atoms with Crippen LogP contribution in [0.5, 0.6) is 5.75 Å². The summed E-state index contributed by atoms with van der Waals surface area (Å²) in [6, 6.07) is 35.0. The van der Waals surface area contributed by atoms with Crippen LogP contribution in [0.1, 0.15) is 39.4 Å². The third-order valence-electron chi connectivity index (χ3n) is 8.21. The van der Waals surface area contributed by atoms with Crippen LogP contribution in [0.2, 0.25) is 0 Å². The van der Waals surface area contributed by atoms with Gasteiger partial charge in [0.25, 0.3) is 5.91 Å². The van der Waals surface area contributed by atoms with Gasteiger partial charge in [0.15, 0.2) is 0 Å². The predicted octanol–water partition coefficient (Wildman–Crippen LogP) is 5.94. The quantitative estimate of drug-likeness (QED) is 0.330. The number of nitrogens with zero attached hydrogens (tertiary/aromatic N) is 3. The first kappa shape index (κ1) is 25.2. The monoisotopic (exact) mass is 517 g/mol. The van der Waals surface area contributed by atoms with Crippen LogP contribution in [-0.2, 0) is 6.42 Å². The first-order valence-corrected chi connectivity index (χ1v) is 14.0. The van der Waals surface area contributed by atoms with Crippen molar-refractivity contribution in [3.63, 3.8) is 0 Å². The summed E-state index contributed by atoms with van der Waals surface area (Å²) in [7, 11) is 0. The predicted molar refractivity (Wildman–Crippen MR) is 158 cm³/mol. The van der Waals surface area contributed by atoms with Gasteiger partial charge in [-0.1, -0.05) is 66.7 Å². The van der Waals surface area contributed by atoms with E-state index in [0.29, 0.717) is 12.5 Å². The molecule has 0 spiro atoms. The highest BCUT2D eigenvalue weighted by Gasteiger charge is 2.27. The van der Waals surface area contributed by atoms with Crippen molar-refractivity contribution >= 4 is 17.3 Å². The van der Waals surface area contributed by atoms with E-state index >= 15 is 0 Å². The Morgan fingerprint density at radius 2 is 1.31 bits per heavy atom. The minimum Gasteiger partial charge on any atom is -0.508 e. The van der Waals surface area contributed by atoms with E-state index in [1.807, 2.05) is 4.90 Å². The highest BCUT2D eigenvalue weighted by Crippen LogP contribution is 2.31. The standard InChI is InChI=1S/C34H35N3O2/c38-31-15-13-29(14-16-31)37-20-17-28-11-12-30(25-33(28)34(37)39)36-23-21-35(22-24-36)19-18-32(26-7-3-1-4-8-26)27-9-5-2-6-10-27/h1-16,25,32,38H,17-24H2. The van der Waals surface area contributed by atoms with Crippen LogP contribution in [0.15, 0.2) is 103 Å². The number of hydrogen-bond donors (Lipinski definition) is 1. The van der Waals surface area contributed by atoms with Gasteiger partial charge >= 0.3 is 0 Å². The van der Waals surface area contributed by atoms with Crippen molar-refractivity contribution in [3.8, 4) is 5.75 Å². The molecule has 0 atom stereocenters. The Morgan fingerprint density at radius 3 is 1.95 bits per heavy atom. The number of anilines is 2. The largest absolute Gasteiger partial charge is 0.508 e. The maximum atomic E-state index is 13.4. The second-order valence-corrected chi connectivity index (χ2v) is 10.6. The molecule has 1 N–H and O–H groups in total. The summed E-state index contributed by atoms with van der Waals surface area (Å²) in [5.74, 6) is 0.643. The van der Waals surface area contributed by atoms with Crippen molar-refractivity contribution in [1.82, 2.24) is 4.90 Å². The molecule has 4 aromatic carbocycles. The highest BCUT2D eigenvalue weighted by atomic mass is 16.3. The summed E-state index contributed by atoms with van der Waals surface area (Å²) >= 11 is 0. The van der Waals surface area contributed by atoms with Gasteiger partial charge in [0.05, 0.1) is 0 Å². The summed E-state index contributed by atoms with van der Waals surface area (Å²) in [6.45, 7) is 5.65. The normalized spacial score (nSPS) is 16.0. The molecule has 5 nitrogen and oxygen atoms in total. The third-order valence-corrected chi connectivity index (χ3v) is 8.21. The van der Waals surface area contributed by atoms with Gasteiger partial charge < -0.3 is 14.9 Å². The first-order valence-electron chi connectivity index (χ1n) is 14.0. The number of carbonyl (C=O) groups excluding carboxylic acids is 1. The minimum atomic E-state index is 0.0373. The maximum absolute atomic E-state index is 13.4.